The van der Waals surface area contributed by atoms with Gasteiger partial charge in [0.15, 0.2) is 5.78 Å². The number of anilines is 1. The number of H-pyrrole nitrogens is 1. The molecule has 0 spiro atoms. The van der Waals surface area contributed by atoms with Crippen LogP contribution in [0.4, 0.5) is 10.7 Å². The molecule has 0 aliphatic heterocycles. The summed E-state index contributed by atoms with van der Waals surface area (Å²) < 4.78 is 0. The number of hydrogen-bond acceptors (Lipinski definition) is 3. The molecule has 6 nitrogen and oxygen atoms in total. The molecule has 0 aliphatic rings. The molecule has 0 unspecified atom stereocenters. The van der Waals surface area contributed by atoms with Crippen LogP contribution in [0.2, 0.25) is 0 Å². The van der Waals surface area contributed by atoms with Crippen molar-refractivity contribution in [3.8, 4) is 0 Å². The number of carboxylic acid groups (broad SMARTS) is 1. The fourth-order valence-electron chi connectivity index (χ4n) is 2.14. The molecule has 1 aromatic heterocycles. The smallest absolute Gasteiger partial charge is 0.413 e. The standard InChI is InChI=1S/C16H13N3O3/c1-19(16(21)22)15-17-12-8-7-11(9-13(12)18-15)14(20)10-5-3-2-4-6-10/h2-9H,1H3,(H,17,18)(H,21,22). The summed E-state index contributed by atoms with van der Waals surface area (Å²) in [6.07, 6.45) is -1.11. The Hall–Kier alpha value is -3.15. The van der Waals surface area contributed by atoms with Gasteiger partial charge in [-0.05, 0) is 18.2 Å². The highest BCUT2D eigenvalue weighted by molar-refractivity contribution is 6.10. The van der Waals surface area contributed by atoms with Crippen molar-refractivity contribution in [3.05, 3.63) is 59.7 Å². The predicted molar refractivity (Wildman–Crippen MR) is 82.4 cm³/mol. The van der Waals surface area contributed by atoms with E-state index in [0.29, 0.717) is 22.2 Å². The van der Waals surface area contributed by atoms with Crippen LogP contribution in [-0.2, 0) is 0 Å². The molecule has 2 N–H and O–H groups in total. The molecule has 2 aromatic carbocycles. The number of amides is 1. The summed E-state index contributed by atoms with van der Waals surface area (Å²) in [5.74, 6) is 0.122. The summed E-state index contributed by atoms with van der Waals surface area (Å²) >= 11 is 0. The Balaban J connectivity index is 2.00. The molecule has 3 rings (SSSR count). The SMILES string of the molecule is CN(C(=O)O)c1nc2ccc(C(=O)c3ccccc3)cc2[nH]1. The van der Waals surface area contributed by atoms with E-state index in [1.54, 1.807) is 30.3 Å². The molecular weight excluding hydrogens is 282 g/mol. The molecular formula is C16H13N3O3. The maximum atomic E-state index is 12.4. The normalized spacial score (nSPS) is 10.6. The highest BCUT2D eigenvalue weighted by Gasteiger charge is 2.15. The molecule has 0 fully saturated rings. The van der Waals surface area contributed by atoms with Crippen molar-refractivity contribution in [3.63, 3.8) is 0 Å². The first-order chi connectivity index (χ1) is 10.6. The number of imidazole rings is 1. The Morgan fingerprint density at radius 2 is 1.82 bits per heavy atom. The Labute approximate surface area is 126 Å². The molecule has 0 bridgehead atoms. The summed E-state index contributed by atoms with van der Waals surface area (Å²) in [6.45, 7) is 0. The monoisotopic (exact) mass is 295 g/mol. The van der Waals surface area contributed by atoms with Gasteiger partial charge in [0.05, 0.1) is 11.0 Å². The largest absolute Gasteiger partial charge is 0.465 e. The lowest BCUT2D eigenvalue weighted by atomic mass is 10.0. The third kappa shape index (κ3) is 2.42. The Kier molecular flexibility index (Phi) is 3.34. The highest BCUT2D eigenvalue weighted by Crippen LogP contribution is 2.20. The molecule has 110 valence electrons. The van der Waals surface area contributed by atoms with Crippen molar-refractivity contribution < 1.29 is 14.7 Å². The van der Waals surface area contributed by atoms with Gasteiger partial charge in [0.1, 0.15) is 0 Å². The van der Waals surface area contributed by atoms with Gasteiger partial charge < -0.3 is 10.1 Å². The number of carbonyl (C=O) groups is 2. The summed E-state index contributed by atoms with van der Waals surface area (Å²) in [5, 5.41) is 8.96. The number of hydrogen-bond donors (Lipinski definition) is 2. The van der Waals surface area contributed by atoms with E-state index in [4.69, 9.17) is 5.11 Å². The number of nitrogens with one attached hydrogen (secondary N) is 1. The first-order valence-corrected chi connectivity index (χ1v) is 6.62. The van der Waals surface area contributed by atoms with Gasteiger partial charge in [-0.2, -0.15) is 0 Å². The molecule has 0 saturated carbocycles. The van der Waals surface area contributed by atoms with Gasteiger partial charge in [0.25, 0.3) is 0 Å². The minimum atomic E-state index is -1.11. The molecule has 6 heteroatoms. The Morgan fingerprint density at radius 1 is 1.09 bits per heavy atom. The lowest BCUT2D eigenvalue weighted by Crippen LogP contribution is -2.24. The van der Waals surface area contributed by atoms with Crippen LogP contribution in [0.5, 0.6) is 0 Å². The number of aromatic nitrogens is 2. The maximum Gasteiger partial charge on any atom is 0.413 e. The van der Waals surface area contributed by atoms with Gasteiger partial charge in [0.2, 0.25) is 5.95 Å². The second-order valence-corrected chi connectivity index (χ2v) is 4.83. The lowest BCUT2D eigenvalue weighted by molar-refractivity contribution is 0.103. The second kappa shape index (κ2) is 5.33. The topological polar surface area (TPSA) is 86.3 Å². The number of rotatable bonds is 3. The fraction of sp³-hybridized carbons (Fsp3) is 0.0625. The zero-order valence-electron chi connectivity index (χ0n) is 11.8. The molecule has 0 aliphatic carbocycles. The number of nitrogens with zero attached hydrogens (tertiary/aromatic N) is 2. The Morgan fingerprint density at radius 3 is 2.50 bits per heavy atom. The van der Waals surface area contributed by atoms with Crippen molar-refractivity contribution >= 4 is 28.9 Å². The maximum absolute atomic E-state index is 12.4. The fourth-order valence-corrected chi connectivity index (χ4v) is 2.14. The van der Waals surface area contributed by atoms with Crippen LogP contribution in [0.15, 0.2) is 48.5 Å². The molecule has 0 radical (unpaired) electrons. The van der Waals surface area contributed by atoms with Crippen LogP contribution in [0.25, 0.3) is 11.0 Å². The minimum Gasteiger partial charge on any atom is -0.465 e. The average molecular weight is 295 g/mol. The first-order valence-electron chi connectivity index (χ1n) is 6.62. The van der Waals surface area contributed by atoms with Crippen LogP contribution in [0, 0.1) is 0 Å². The lowest BCUT2D eigenvalue weighted by Gasteiger charge is -2.07. The molecule has 0 saturated heterocycles. The Bertz CT molecular complexity index is 855. The average Bonchev–Trinajstić information content (AvgIpc) is 2.97. The minimum absolute atomic E-state index is 0.0924. The van der Waals surface area contributed by atoms with E-state index in [1.165, 1.54) is 7.05 Å². The van der Waals surface area contributed by atoms with E-state index in [1.807, 2.05) is 18.2 Å². The molecule has 0 atom stereocenters. The quantitative estimate of drug-likeness (QED) is 0.727. The van der Waals surface area contributed by atoms with Crippen molar-refractivity contribution in [2.24, 2.45) is 0 Å². The number of ketones is 1. The third-order valence-corrected chi connectivity index (χ3v) is 3.37. The van der Waals surface area contributed by atoms with Crippen LogP contribution in [-0.4, -0.2) is 34.0 Å². The van der Waals surface area contributed by atoms with Gasteiger partial charge in [-0.3, -0.25) is 9.69 Å². The van der Waals surface area contributed by atoms with Gasteiger partial charge in [-0.25, -0.2) is 9.78 Å². The second-order valence-electron chi connectivity index (χ2n) is 4.83. The van der Waals surface area contributed by atoms with Crippen LogP contribution >= 0.6 is 0 Å². The molecule has 3 aromatic rings. The van der Waals surface area contributed by atoms with Crippen molar-refractivity contribution in [1.82, 2.24) is 9.97 Å². The number of benzene rings is 2. The summed E-state index contributed by atoms with van der Waals surface area (Å²) in [4.78, 5) is 31.4. The van der Waals surface area contributed by atoms with Crippen LogP contribution in [0.1, 0.15) is 15.9 Å². The van der Waals surface area contributed by atoms with E-state index in [9.17, 15) is 9.59 Å². The van der Waals surface area contributed by atoms with Gasteiger partial charge in [-0.15, -0.1) is 0 Å². The first kappa shape index (κ1) is 13.8. The molecule has 22 heavy (non-hydrogen) atoms. The summed E-state index contributed by atoms with van der Waals surface area (Å²) in [7, 11) is 1.40. The zero-order chi connectivity index (χ0) is 15.7. The molecule has 1 heterocycles. The van der Waals surface area contributed by atoms with Gasteiger partial charge in [0, 0.05) is 18.2 Å². The van der Waals surface area contributed by atoms with Gasteiger partial charge in [-0.1, -0.05) is 30.3 Å². The number of carbonyl (C=O) groups excluding carboxylic acids is 1. The van der Waals surface area contributed by atoms with Crippen LogP contribution in [0.3, 0.4) is 0 Å². The van der Waals surface area contributed by atoms with Crippen molar-refractivity contribution in [2.75, 3.05) is 11.9 Å². The van der Waals surface area contributed by atoms with E-state index >= 15 is 0 Å². The van der Waals surface area contributed by atoms with E-state index in [0.717, 1.165) is 4.90 Å². The predicted octanol–water partition coefficient (Wildman–Crippen LogP) is 2.91. The van der Waals surface area contributed by atoms with E-state index in [-0.39, 0.29) is 11.7 Å². The number of aromatic amines is 1. The van der Waals surface area contributed by atoms with Crippen LogP contribution < -0.4 is 4.90 Å². The van der Waals surface area contributed by atoms with Crippen molar-refractivity contribution in [2.45, 2.75) is 0 Å². The highest BCUT2D eigenvalue weighted by atomic mass is 16.4. The number of fused-ring (bicyclic) bond motifs is 1. The van der Waals surface area contributed by atoms with E-state index in [2.05, 4.69) is 9.97 Å². The van der Waals surface area contributed by atoms with Gasteiger partial charge >= 0.3 is 6.09 Å². The summed E-state index contributed by atoms with van der Waals surface area (Å²) in [6, 6.07) is 14.0. The van der Waals surface area contributed by atoms with Crippen molar-refractivity contribution in [1.29, 1.82) is 0 Å². The molecule has 1 amide bonds. The third-order valence-electron chi connectivity index (χ3n) is 3.37. The zero-order valence-corrected chi connectivity index (χ0v) is 11.8. The summed E-state index contributed by atoms with van der Waals surface area (Å²) in [5.41, 5.74) is 2.34. The van der Waals surface area contributed by atoms with E-state index < -0.39 is 6.09 Å².